The Balaban J connectivity index is 2.31. The lowest BCUT2D eigenvalue weighted by Crippen LogP contribution is -2.41. The number of carbonyl (C=O) groups is 4. The van der Waals surface area contributed by atoms with Gasteiger partial charge in [-0.1, -0.05) is 0 Å². The van der Waals surface area contributed by atoms with Crippen LogP contribution in [0.3, 0.4) is 0 Å². The number of primary amides is 1. The van der Waals surface area contributed by atoms with Crippen molar-refractivity contribution >= 4 is 35.0 Å². The van der Waals surface area contributed by atoms with E-state index in [9.17, 15) is 28.0 Å². The third kappa shape index (κ3) is 5.71. The predicted octanol–water partition coefficient (Wildman–Crippen LogP) is -0.141. The van der Waals surface area contributed by atoms with Crippen molar-refractivity contribution in [3.8, 4) is 0 Å². The van der Waals surface area contributed by atoms with Gasteiger partial charge >= 0.3 is 0 Å². The summed E-state index contributed by atoms with van der Waals surface area (Å²) in [4.78, 5) is 48.2. The zero-order valence-corrected chi connectivity index (χ0v) is 14.2. The van der Waals surface area contributed by atoms with E-state index in [2.05, 4.69) is 5.32 Å². The maximum Gasteiger partial charge on any atom is 0.255 e. The van der Waals surface area contributed by atoms with E-state index in [1.165, 1.54) is 23.1 Å². The fourth-order valence-corrected chi connectivity index (χ4v) is 2.41. The number of ether oxygens (including phenoxy) is 1. The van der Waals surface area contributed by atoms with Crippen molar-refractivity contribution in [1.29, 1.82) is 0 Å². The Labute approximate surface area is 152 Å². The summed E-state index contributed by atoms with van der Waals surface area (Å²) in [6.07, 6.45) is -3.37. The van der Waals surface area contributed by atoms with Gasteiger partial charge < -0.3 is 26.0 Å². The van der Waals surface area contributed by atoms with Gasteiger partial charge in [0, 0.05) is 12.2 Å². The SMILES string of the molecule is NC(=O)CC(=O)Nc1ccc(N2CCOCC2=O)cc1C(=O)NCC(F)F. The van der Waals surface area contributed by atoms with Gasteiger partial charge in [0.2, 0.25) is 11.8 Å². The zero-order valence-electron chi connectivity index (χ0n) is 14.2. The number of carbonyl (C=O) groups excluding carboxylic acids is 4. The van der Waals surface area contributed by atoms with E-state index in [0.717, 1.165) is 0 Å². The molecule has 0 saturated carbocycles. The average Bonchev–Trinajstić information content (AvgIpc) is 2.59. The summed E-state index contributed by atoms with van der Waals surface area (Å²) in [5.74, 6) is -2.83. The van der Waals surface area contributed by atoms with E-state index in [1.807, 2.05) is 5.32 Å². The first-order valence-corrected chi connectivity index (χ1v) is 7.94. The number of morpholine rings is 1. The molecule has 0 atom stereocenters. The van der Waals surface area contributed by atoms with Gasteiger partial charge in [0.25, 0.3) is 18.2 Å². The molecule has 27 heavy (non-hydrogen) atoms. The van der Waals surface area contributed by atoms with Gasteiger partial charge in [-0.2, -0.15) is 0 Å². The van der Waals surface area contributed by atoms with Crippen LogP contribution >= 0.6 is 0 Å². The summed E-state index contributed by atoms with van der Waals surface area (Å²) in [5, 5.41) is 4.37. The first-order valence-electron chi connectivity index (χ1n) is 7.94. The number of benzene rings is 1. The Hall–Kier alpha value is -3.08. The Bertz CT molecular complexity index is 756. The van der Waals surface area contributed by atoms with Crippen molar-refractivity contribution in [3.63, 3.8) is 0 Å². The number of halogens is 2. The highest BCUT2D eigenvalue weighted by Gasteiger charge is 2.23. The molecule has 146 valence electrons. The van der Waals surface area contributed by atoms with Crippen molar-refractivity contribution in [2.75, 3.05) is 36.5 Å². The summed E-state index contributed by atoms with van der Waals surface area (Å²) in [7, 11) is 0. The first-order chi connectivity index (χ1) is 12.8. The molecule has 1 aromatic rings. The summed E-state index contributed by atoms with van der Waals surface area (Å²) in [6.45, 7) is -0.446. The molecule has 0 unspecified atom stereocenters. The van der Waals surface area contributed by atoms with Crippen LogP contribution in [0.4, 0.5) is 20.2 Å². The van der Waals surface area contributed by atoms with E-state index >= 15 is 0 Å². The number of hydrogen-bond donors (Lipinski definition) is 3. The fourth-order valence-electron chi connectivity index (χ4n) is 2.41. The lowest BCUT2D eigenvalue weighted by atomic mass is 10.1. The maximum atomic E-state index is 12.4. The average molecular weight is 384 g/mol. The van der Waals surface area contributed by atoms with Crippen LogP contribution in [0.1, 0.15) is 16.8 Å². The highest BCUT2D eigenvalue weighted by molar-refractivity contribution is 6.08. The van der Waals surface area contributed by atoms with Crippen LogP contribution < -0.4 is 21.3 Å². The van der Waals surface area contributed by atoms with Gasteiger partial charge in [0.1, 0.15) is 13.0 Å². The minimum atomic E-state index is -2.76. The van der Waals surface area contributed by atoms with Crippen LogP contribution in [0.25, 0.3) is 0 Å². The maximum absolute atomic E-state index is 12.4. The van der Waals surface area contributed by atoms with Crippen LogP contribution in [0.5, 0.6) is 0 Å². The van der Waals surface area contributed by atoms with E-state index in [-0.39, 0.29) is 30.3 Å². The Morgan fingerprint density at radius 1 is 1.30 bits per heavy atom. The highest BCUT2D eigenvalue weighted by atomic mass is 19.3. The number of nitrogens with two attached hydrogens (primary N) is 1. The van der Waals surface area contributed by atoms with Gasteiger partial charge in [-0.05, 0) is 18.2 Å². The second kappa shape index (κ2) is 9.03. The van der Waals surface area contributed by atoms with Crippen molar-refractivity contribution in [2.45, 2.75) is 12.8 Å². The molecule has 4 N–H and O–H groups in total. The van der Waals surface area contributed by atoms with Gasteiger partial charge in [-0.15, -0.1) is 0 Å². The Kier molecular flexibility index (Phi) is 6.77. The molecule has 1 aliphatic heterocycles. The van der Waals surface area contributed by atoms with Crippen molar-refractivity contribution in [1.82, 2.24) is 5.32 Å². The Morgan fingerprint density at radius 3 is 2.67 bits per heavy atom. The molecular weight excluding hydrogens is 366 g/mol. The quantitative estimate of drug-likeness (QED) is 0.563. The summed E-state index contributed by atoms with van der Waals surface area (Å²) >= 11 is 0. The van der Waals surface area contributed by atoms with Crippen LogP contribution in [-0.4, -0.2) is 56.4 Å². The largest absolute Gasteiger partial charge is 0.370 e. The number of nitrogens with one attached hydrogen (secondary N) is 2. The third-order valence-electron chi connectivity index (χ3n) is 3.57. The second-order valence-electron chi connectivity index (χ2n) is 5.62. The molecule has 1 saturated heterocycles. The second-order valence-corrected chi connectivity index (χ2v) is 5.62. The minimum Gasteiger partial charge on any atom is -0.370 e. The van der Waals surface area contributed by atoms with Gasteiger partial charge in [-0.3, -0.25) is 19.2 Å². The first kappa shape index (κ1) is 20.2. The zero-order chi connectivity index (χ0) is 20.0. The number of nitrogens with zero attached hydrogens (tertiary/aromatic N) is 1. The Morgan fingerprint density at radius 2 is 2.04 bits per heavy atom. The fraction of sp³-hybridized carbons (Fsp3) is 0.375. The molecule has 0 bridgehead atoms. The summed E-state index contributed by atoms with van der Waals surface area (Å²) in [6, 6.07) is 4.12. The number of alkyl halides is 2. The molecule has 1 fully saturated rings. The van der Waals surface area contributed by atoms with E-state index < -0.39 is 37.1 Å². The van der Waals surface area contributed by atoms with Crippen LogP contribution in [0.2, 0.25) is 0 Å². The predicted molar refractivity (Wildman–Crippen MR) is 90.4 cm³/mol. The standard InChI is InChI=1S/C16H18F2N4O5/c17-12(18)7-20-16(26)10-5-9(22-3-4-27-8-15(22)25)1-2-11(10)21-14(24)6-13(19)23/h1-2,5,12H,3-4,6-8H2,(H2,19,23)(H,20,26)(H,21,24). The number of anilines is 2. The van der Waals surface area contributed by atoms with Crippen molar-refractivity contribution in [2.24, 2.45) is 5.73 Å². The molecule has 0 spiro atoms. The molecular formula is C16H18F2N4O5. The highest BCUT2D eigenvalue weighted by Crippen LogP contribution is 2.25. The van der Waals surface area contributed by atoms with Gasteiger partial charge in [-0.25, -0.2) is 8.78 Å². The monoisotopic (exact) mass is 384 g/mol. The molecule has 0 aromatic heterocycles. The molecule has 4 amide bonds. The molecule has 11 heteroatoms. The normalized spacial score (nSPS) is 14.2. The molecule has 0 radical (unpaired) electrons. The number of rotatable bonds is 7. The molecule has 0 aliphatic carbocycles. The smallest absolute Gasteiger partial charge is 0.255 e. The van der Waals surface area contributed by atoms with Gasteiger partial charge in [0.05, 0.1) is 24.4 Å². The third-order valence-corrected chi connectivity index (χ3v) is 3.57. The molecule has 9 nitrogen and oxygen atoms in total. The van der Waals surface area contributed by atoms with Gasteiger partial charge in [0.15, 0.2) is 0 Å². The number of amides is 4. The lowest BCUT2D eigenvalue weighted by Gasteiger charge is -2.27. The van der Waals surface area contributed by atoms with Crippen molar-refractivity contribution < 1.29 is 32.7 Å². The molecule has 1 heterocycles. The minimum absolute atomic E-state index is 0.00234. The molecule has 1 aliphatic rings. The summed E-state index contributed by atoms with van der Waals surface area (Å²) in [5.41, 5.74) is 5.15. The van der Waals surface area contributed by atoms with Crippen molar-refractivity contribution in [3.05, 3.63) is 23.8 Å². The van der Waals surface area contributed by atoms with E-state index in [1.54, 1.807) is 0 Å². The summed E-state index contributed by atoms with van der Waals surface area (Å²) < 4.78 is 29.8. The molecule has 1 aromatic carbocycles. The van der Waals surface area contributed by atoms with Crippen LogP contribution in [-0.2, 0) is 19.1 Å². The van der Waals surface area contributed by atoms with Crippen LogP contribution in [0.15, 0.2) is 18.2 Å². The lowest BCUT2D eigenvalue weighted by molar-refractivity contribution is -0.126. The molecule has 2 rings (SSSR count). The van der Waals surface area contributed by atoms with Crippen LogP contribution in [0, 0.1) is 0 Å². The number of hydrogen-bond acceptors (Lipinski definition) is 5. The van der Waals surface area contributed by atoms with E-state index in [0.29, 0.717) is 12.3 Å². The topological polar surface area (TPSA) is 131 Å². The van der Waals surface area contributed by atoms with E-state index in [4.69, 9.17) is 10.5 Å².